The van der Waals surface area contributed by atoms with Crippen molar-refractivity contribution in [2.75, 3.05) is 19.8 Å². The van der Waals surface area contributed by atoms with Gasteiger partial charge in [-0.25, -0.2) is 0 Å². The van der Waals surface area contributed by atoms with Crippen LogP contribution in [0.4, 0.5) is 0 Å². The van der Waals surface area contributed by atoms with E-state index in [0.717, 1.165) is 11.1 Å². The summed E-state index contributed by atoms with van der Waals surface area (Å²) in [6.07, 6.45) is 0.829. The van der Waals surface area contributed by atoms with Gasteiger partial charge in [-0.3, -0.25) is 14.4 Å². The summed E-state index contributed by atoms with van der Waals surface area (Å²) in [5.74, 6) is -1.35. The van der Waals surface area contributed by atoms with E-state index in [1.54, 1.807) is 0 Å². The zero-order valence-corrected chi connectivity index (χ0v) is 17.9. The number of carbonyl (C=O) groups is 3. The van der Waals surface area contributed by atoms with E-state index in [9.17, 15) is 24.6 Å². The van der Waals surface area contributed by atoms with Gasteiger partial charge in [0.2, 0.25) is 11.8 Å². The lowest BCUT2D eigenvalue weighted by Gasteiger charge is -2.28. The van der Waals surface area contributed by atoms with Crippen molar-refractivity contribution in [3.63, 3.8) is 0 Å². The molecule has 3 rings (SSSR count). The summed E-state index contributed by atoms with van der Waals surface area (Å²) >= 11 is 0. The summed E-state index contributed by atoms with van der Waals surface area (Å²) in [7, 11) is 0. The molecular formula is C22H31N3O6. The van der Waals surface area contributed by atoms with Crippen molar-refractivity contribution in [1.82, 2.24) is 16.0 Å². The van der Waals surface area contributed by atoms with Crippen molar-refractivity contribution < 1.29 is 29.3 Å². The van der Waals surface area contributed by atoms with E-state index in [4.69, 9.17) is 4.74 Å². The van der Waals surface area contributed by atoms with Gasteiger partial charge >= 0.3 is 0 Å². The van der Waals surface area contributed by atoms with E-state index in [2.05, 4.69) is 16.0 Å². The van der Waals surface area contributed by atoms with Crippen LogP contribution in [0.15, 0.2) is 24.3 Å². The fourth-order valence-corrected chi connectivity index (χ4v) is 3.80. The third-order valence-corrected chi connectivity index (χ3v) is 5.75. The zero-order valence-electron chi connectivity index (χ0n) is 17.9. The smallest absolute Gasteiger partial charge is 0.245 e. The Morgan fingerprint density at radius 1 is 1.16 bits per heavy atom. The van der Waals surface area contributed by atoms with Gasteiger partial charge in [0.1, 0.15) is 6.04 Å². The molecule has 2 aliphatic rings. The van der Waals surface area contributed by atoms with E-state index in [1.807, 2.05) is 38.1 Å². The van der Waals surface area contributed by atoms with Crippen LogP contribution in [-0.4, -0.2) is 71.4 Å². The summed E-state index contributed by atoms with van der Waals surface area (Å²) < 4.78 is 5.13. The number of ketones is 1. The molecule has 5 N–H and O–H groups in total. The van der Waals surface area contributed by atoms with Gasteiger partial charge in [0.05, 0.1) is 31.9 Å². The molecule has 0 saturated carbocycles. The highest BCUT2D eigenvalue weighted by Gasteiger charge is 2.54. The molecule has 2 aliphatic heterocycles. The number of ether oxygens (including phenoxy) is 1. The van der Waals surface area contributed by atoms with Crippen molar-refractivity contribution in [2.45, 2.75) is 57.0 Å². The third kappa shape index (κ3) is 5.48. The Morgan fingerprint density at radius 3 is 2.42 bits per heavy atom. The number of nitrogens with one attached hydrogen (secondary N) is 3. The van der Waals surface area contributed by atoms with Crippen LogP contribution < -0.4 is 16.0 Å². The molecule has 2 amide bonds. The number of epoxide rings is 1. The second kappa shape index (κ2) is 9.86. The predicted molar refractivity (Wildman–Crippen MR) is 112 cm³/mol. The van der Waals surface area contributed by atoms with Crippen LogP contribution in [0.25, 0.3) is 0 Å². The van der Waals surface area contributed by atoms with Crippen LogP contribution in [0.3, 0.4) is 0 Å². The molecule has 31 heavy (non-hydrogen) atoms. The number of amides is 2. The summed E-state index contributed by atoms with van der Waals surface area (Å²) in [6.45, 7) is 3.41. The Hall–Kier alpha value is -2.33. The van der Waals surface area contributed by atoms with E-state index in [-0.39, 0.29) is 12.5 Å². The van der Waals surface area contributed by atoms with Crippen molar-refractivity contribution in [1.29, 1.82) is 0 Å². The van der Waals surface area contributed by atoms with Crippen LogP contribution in [0.1, 0.15) is 31.4 Å². The minimum atomic E-state index is -1.26. The molecule has 1 aromatic carbocycles. The van der Waals surface area contributed by atoms with E-state index >= 15 is 0 Å². The SMILES string of the molecule is CC(C)CC(NC(=O)[C@H](CO)NC(=O)C1Cc2ccccc2CN1)C(=O)C1(CO)CO1. The Labute approximate surface area is 181 Å². The van der Waals surface area contributed by atoms with Gasteiger partial charge in [-0.1, -0.05) is 38.1 Å². The Bertz CT molecular complexity index is 823. The average molecular weight is 434 g/mol. The van der Waals surface area contributed by atoms with Gasteiger partial charge in [-0.2, -0.15) is 0 Å². The molecule has 3 unspecified atom stereocenters. The predicted octanol–water partition coefficient (Wildman–Crippen LogP) is -0.961. The maximum atomic E-state index is 12.8. The Balaban J connectivity index is 1.62. The first-order valence-electron chi connectivity index (χ1n) is 10.6. The molecule has 170 valence electrons. The highest BCUT2D eigenvalue weighted by molar-refractivity contribution is 5.98. The second-order valence-corrected chi connectivity index (χ2v) is 8.65. The molecule has 0 bridgehead atoms. The molecular weight excluding hydrogens is 402 g/mol. The maximum Gasteiger partial charge on any atom is 0.245 e. The minimum Gasteiger partial charge on any atom is -0.394 e. The lowest BCUT2D eigenvalue weighted by atomic mass is 9.92. The lowest BCUT2D eigenvalue weighted by Crippen LogP contribution is -2.58. The van der Waals surface area contributed by atoms with Gasteiger partial charge in [-0.05, 0) is 29.9 Å². The number of benzene rings is 1. The molecule has 9 heteroatoms. The van der Waals surface area contributed by atoms with Gasteiger partial charge in [0.25, 0.3) is 0 Å². The van der Waals surface area contributed by atoms with Crippen LogP contribution in [0.5, 0.6) is 0 Å². The number of rotatable bonds is 10. The standard InChI is InChI=1S/C22H31N3O6/c1-13(2)7-16(19(28)22(11-27)12-31-22)24-21(30)18(10-26)25-20(29)17-8-14-5-3-4-6-15(14)9-23-17/h3-6,13,16-18,23,26-27H,7-12H2,1-2H3,(H,24,30)(H,25,29)/t16?,17?,18-,22?/m0/s1. The van der Waals surface area contributed by atoms with Crippen molar-refractivity contribution in [3.05, 3.63) is 35.4 Å². The number of carbonyl (C=O) groups excluding carboxylic acids is 3. The molecule has 1 aromatic rings. The quantitative estimate of drug-likeness (QED) is 0.299. The number of hydrogen-bond donors (Lipinski definition) is 5. The molecule has 2 heterocycles. The van der Waals surface area contributed by atoms with E-state index < -0.39 is 54.5 Å². The van der Waals surface area contributed by atoms with E-state index in [1.165, 1.54) is 0 Å². The van der Waals surface area contributed by atoms with E-state index in [0.29, 0.717) is 19.4 Å². The van der Waals surface area contributed by atoms with Crippen LogP contribution in [-0.2, 0) is 32.1 Å². The monoisotopic (exact) mass is 433 g/mol. The zero-order chi connectivity index (χ0) is 22.6. The van der Waals surface area contributed by atoms with Crippen molar-refractivity contribution in [3.8, 4) is 0 Å². The minimum absolute atomic E-state index is 0.0948. The highest BCUT2D eigenvalue weighted by Crippen LogP contribution is 2.30. The number of aliphatic hydroxyl groups excluding tert-OH is 2. The van der Waals surface area contributed by atoms with Gasteiger partial charge in [0, 0.05) is 6.54 Å². The van der Waals surface area contributed by atoms with Crippen LogP contribution >= 0.6 is 0 Å². The van der Waals surface area contributed by atoms with Crippen LogP contribution in [0.2, 0.25) is 0 Å². The number of hydrogen-bond acceptors (Lipinski definition) is 7. The third-order valence-electron chi connectivity index (χ3n) is 5.75. The second-order valence-electron chi connectivity index (χ2n) is 8.65. The molecule has 0 radical (unpaired) electrons. The fraction of sp³-hybridized carbons (Fsp3) is 0.591. The number of Topliss-reactive ketones (excluding diaryl/α,β-unsaturated/α-hetero) is 1. The highest BCUT2D eigenvalue weighted by atomic mass is 16.6. The Morgan fingerprint density at radius 2 is 1.84 bits per heavy atom. The summed E-state index contributed by atoms with van der Waals surface area (Å²) in [5, 5.41) is 27.5. The molecule has 1 saturated heterocycles. The molecule has 0 spiro atoms. The molecule has 1 fully saturated rings. The van der Waals surface area contributed by atoms with Crippen LogP contribution in [0, 0.1) is 5.92 Å². The largest absolute Gasteiger partial charge is 0.394 e. The molecule has 4 atom stereocenters. The molecule has 9 nitrogen and oxygen atoms in total. The van der Waals surface area contributed by atoms with Gasteiger partial charge < -0.3 is 30.9 Å². The maximum absolute atomic E-state index is 12.8. The van der Waals surface area contributed by atoms with Gasteiger partial charge in [-0.15, -0.1) is 0 Å². The first-order valence-corrected chi connectivity index (χ1v) is 10.6. The first kappa shape index (κ1) is 23.3. The summed E-state index contributed by atoms with van der Waals surface area (Å²) in [4.78, 5) is 38.2. The normalized spacial score (nSPS) is 24.1. The Kier molecular flexibility index (Phi) is 7.42. The number of fused-ring (bicyclic) bond motifs is 1. The van der Waals surface area contributed by atoms with Gasteiger partial charge in [0.15, 0.2) is 11.4 Å². The summed E-state index contributed by atoms with van der Waals surface area (Å²) in [5.41, 5.74) is 0.926. The van der Waals surface area contributed by atoms with Crippen molar-refractivity contribution in [2.24, 2.45) is 5.92 Å². The fourth-order valence-electron chi connectivity index (χ4n) is 3.80. The molecule has 0 aromatic heterocycles. The number of aliphatic hydroxyl groups is 2. The molecule has 0 aliphatic carbocycles. The average Bonchev–Trinajstić information content (AvgIpc) is 3.56. The first-order chi connectivity index (χ1) is 14.8. The lowest BCUT2D eigenvalue weighted by molar-refractivity contribution is -0.135. The van der Waals surface area contributed by atoms with Crippen molar-refractivity contribution >= 4 is 17.6 Å². The topological polar surface area (TPSA) is 140 Å². The summed E-state index contributed by atoms with van der Waals surface area (Å²) in [6, 6.07) is 5.21.